The monoisotopic (exact) mass is 338 g/mol. The molecule has 1 heterocycles. The molecule has 25 heavy (non-hydrogen) atoms. The van der Waals surface area contributed by atoms with Crippen LogP contribution in [0.2, 0.25) is 0 Å². The van der Waals surface area contributed by atoms with Crippen molar-refractivity contribution in [1.29, 1.82) is 0 Å². The van der Waals surface area contributed by atoms with E-state index >= 15 is 0 Å². The molecule has 6 nitrogen and oxygen atoms in total. The van der Waals surface area contributed by atoms with Crippen LogP contribution in [0.5, 0.6) is 0 Å². The van der Waals surface area contributed by atoms with E-state index in [2.05, 4.69) is 9.97 Å². The molecule has 3 rings (SSSR count). The van der Waals surface area contributed by atoms with Crippen LogP contribution in [0.15, 0.2) is 42.7 Å². The van der Waals surface area contributed by atoms with E-state index in [-0.39, 0.29) is 11.8 Å². The van der Waals surface area contributed by atoms with Crippen LogP contribution in [0.1, 0.15) is 29.8 Å². The molecule has 1 saturated carbocycles. The van der Waals surface area contributed by atoms with Crippen molar-refractivity contribution in [2.75, 3.05) is 11.9 Å². The van der Waals surface area contributed by atoms with Gasteiger partial charge in [-0.15, -0.1) is 0 Å². The van der Waals surface area contributed by atoms with E-state index in [4.69, 9.17) is 10.5 Å². The standard InChI is InChI=1S/C19H22N4O2/c1-13-18(16(10-20)25-12-14-6-4-3-5-7-14)21-11-17(22-13)23(2)19(24)15-8-9-15/h3-7,10-11,15H,8-9,12,20H2,1-2H3. The van der Waals surface area contributed by atoms with Crippen molar-refractivity contribution in [2.24, 2.45) is 11.7 Å². The Balaban J connectivity index is 1.73. The average Bonchev–Trinajstić information content (AvgIpc) is 3.48. The highest BCUT2D eigenvalue weighted by atomic mass is 16.5. The van der Waals surface area contributed by atoms with Gasteiger partial charge in [0, 0.05) is 19.2 Å². The molecule has 1 aliphatic carbocycles. The Morgan fingerprint density at radius 2 is 2.08 bits per heavy atom. The lowest BCUT2D eigenvalue weighted by Gasteiger charge is -2.17. The van der Waals surface area contributed by atoms with E-state index in [1.165, 1.54) is 6.20 Å². The minimum absolute atomic E-state index is 0.0939. The molecular weight excluding hydrogens is 316 g/mol. The minimum Gasteiger partial charge on any atom is -0.485 e. The molecule has 1 fully saturated rings. The Hall–Kier alpha value is -2.89. The van der Waals surface area contributed by atoms with Gasteiger partial charge in [-0.05, 0) is 25.3 Å². The third-order valence-electron chi connectivity index (χ3n) is 4.16. The maximum absolute atomic E-state index is 12.2. The highest BCUT2D eigenvalue weighted by Gasteiger charge is 2.33. The van der Waals surface area contributed by atoms with Crippen LogP contribution in [0.3, 0.4) is 0 Å². The van der Waals surface area contributed by atoms with Crippen molar-refractivity contribution in [2.45, 2.75) is 26.4 Å². The topological polar surface area (TPSA) is 81.3 Å². The fourth-order valence-electron chi connectivity index (χ4n) is 2.52. The minimum atomic E-state index is 0.0939. The predicted octanol–water partition coefficient (Wildman–Crippen LogP) is 2.63. The molecular formula is C19H22N4O2. The second kappa shape index (κ2) is 7.34. The number of ether oxygens (including phenoxy) is 1. The molecule has 130 valence electrons. The number of nitrogens with zero attached hydrogens (tertiary/aromatic N) is 3. The number of hydrogen-bond donors (Lipinski definition) is 1. The van der Waals surface area contributed by atoms with Crippen molar-refractivity contribution in [3.63, 3.8) is 0 Å². The SMILES string of the molecule is Cc1nc(N(C)C(=O)C2CC2)cnc1C(=CN)OCc1ccccc1. The van der Waals surface area contributed by atoms with E-state index in [0.29, 0.717) is 29.6 Å². The van der Waals surface area contributed by atoms with Crippen LogP contribution in [-0.4, -0.2) is 22.9 Å². The molecule has 0 atom stereocenters. The van der Waals surface area contributed by atoms with Gasteiger partial charge in [0.05, 0.1) is 11.9 Å². The summed E-state index contributed by atoms with van der Waals surface area (Å²) >= 11 is 0. The third kappa shape index (κ3) is 3.96. The number of anilines is 1. The van der Waals surface area contributed by atoms with E-state index in [0.717, 1.165) is 18.4 Å². The molecule has 0 aliphatic heterocycles. The molecule has 0 unspecified atom stereocenters. The molecule has 2 N–H and O–H groups in total. The van der Waals surface area contributed by atoms with Gasteiger partial charge in [0.15, 0.2) is 11.6 Å². The molecule has 6 heteroatoms. The molecule has 1 amide bonds. The van der Waals surface area contributed by atoms with Crippen LogP contribution in [0, 0.1) is 12.8 Å². The van der Waals surface area contributed by atoms with Crippen molar-refractivity contribution < 1.29 is 9.53 Å². The number of amides is 1. The van der Waals surface area contributed by atoms with Crippen molar-refractivity contribution in [3.05, 3.63) is 59.7 Å². The van der Waals surface area contributed by atoms with E-state index in [1.807, 2.05) is 37.3 Å². The van der Waals surface area contributed by atoms with Gasteiger partial charge in [0.1, 0.15) is 12.3 Å². The Bertz CT molecular complexity index is 785. The maximum atomic E-state index is 12.2. The summed E-state index contributed by atoms with van der Waals surface area (Å²) in [5.74, 6) is 1.24. The summed E-state index contributed by atoms with van der Waals surface area (Å²) in [6, 6.07) is 9.83. The molecule has 0 saturated heterocycles. The lowest BCUT2D eigenvalue weighted by atomic mass is 10.2. The zero-order valence-electron chi connectivity index (χ0n) is 14.5. The van der Waals surface area contributed by atoms with Crippen LogP contribution >= 0.6 is 0 Å². The van der Waals surface area contributed by atoms with Crippen LogP contribution < -0.4 is 10.6 Å². The van der Waals surface area contributed by atoms with Crippen LogP contribution in [0.4, 0.5) is 5.82 Å². The zero-order chi connectivity index (χ0) is 17.8. The Labute approximate surface area is 147 Å². The number of aryl methyl sites for hydroxylation is 1. The first kappa shape index (κ1) is 17.0. The van der Waals surface area contributed by atoms with Crippen LogP contribution in [0.25, 0.3) is 5.76 Å². The summed E-state index contributed by atoms with van der Waals surface area (Å²) in [4.78, 5) is 22.6. The van der Waals surface area contributed by atoms with Gasteiger partial charge in [0.25, 0.3) is 0 Å². The van der Waals surface area contributed by atoms with E-state index in [9.17, 15) is 4.79 Å². The van der Waals surface area contributed by atoms with Gasteiger partial charge in [-0.1, -0.05) is 30.3 Å². The fraction of sp³-hybridized carbons (Fsp3) is 0.316. The second-order valence-electron chi connectivity index (χ2n) is 6.14. The molecule has 1 aromatic carbocycles. The van der Waals surface area contributed by atoms with Gasteiger partial charge in [-0.3, -0.25) is 9.69 Å². The highest BCUT2D eigenvalue weighted by molar-refractivity contribution is 5.95. The lowest BCUT2D eigenvalue weighted by molar-refractivity contribution is -0.119. The van der Waals surface area contributed by atoms with Crippen LogP contribution in [-0.2, 0) is 16.1 Å². The number of hydrogen-bond acceptors (Lipinski definition) is 5. The number of rotatable bonds is 6. The summed E-state index contributed by atoms with van der Waals surface area (Å²) < 4.78 is 5.79. The lowest BCUT2D eigenvalue weighted by Crippen LogP contribution is -2.28. The summed E-state index contributed by atoms with van der Waals surface area (Å²) in [5.41, 5.74) is 8.00. The first-order valence-corrected chi connectivity index (χ1v) is 8.30. The summed E-state index contributed by atoms with van der Waals surface area (Å²) in [6.45, 7) is 2.23. The summed E-state index contributed by atoms with van der Waals surface area (Å²) in [5, 5.41) is 0. The van der Waals surface area contributed by atoms with Crippen molar-refractivity contribution >= 4 is 17.5 Å². The highest BCUT2D eigenvalue weighted by Crippen LogP contribution is 2.32. The molecule has 1 aliphatic rings. The normalized spacial score (nSPS) is 14.2. The number of benzene rings is 1. The maximum Gasteiger partial charge on any atom is 0.231 e. The Kier molecular flexibility index (Phi) is 4.97. The molecule has 1 aromatic heterocycles. The molecule has 0 radical (unpaired) electrons. The molecule has 0 spiro atoms. The second-order valence-corrected chi connectivity index (χ2v) is 6.14. The van der Waals surface area contributed by atoms with Crippen molar-refractivity contribution in [3.8, 4) is 0 Å². The Morgan fingerprint density at radius 3 is 2.68 bits per heavy atom. The zero-order valence-corrected chi connectivity index (χ0v) is 14.5. The number of nitrogens with two attached hydrogens (primary N) is 1. The van der Waals surface area contributed by atoms with Gasteiger partial charge in [-0.2, -0.15) is 0 Å². The average molecular weight is 338 g/mol. The number of carbonyl (C=O) groups excluding carboxylic acids is 1. The fourth-order valence-corrected chi connectivity index (χ4v) is 2.52. The molecule has 0 bridgehead atoms. The largest absolute Gasteiger partial charge is 0.485 e. The number of carbonyl (C=O) groups is 1. The quantitative estimate of drug-likeness (QED) is 0.819. The smallest absolute Gasteiger partial charge is 0.231 e. The Morgan fingerprint density at radius 1 is 1.36 bits per heavy atom. The summed E-state index contributed by atoms with van der Waals surface area (Å²) in [6.07, 6.45) is 4.89. The van der Waals surface area contributed by atoms with E-state index in [1.54, 1.807) is 18.1 Å². The number of aromatic nitrogens is 2. The van der Waals surface area contributed by atoms with Gasteiger partial charge in [-0.25, -0.2) is 9.97 Å². The predicted molar refractivity (Wildman–Crippen MR) is 96.3 cm³/mol. The first-order chi connectivity index (χ1) is 12.1. The van der Waals surface area contributed by atoms with Gasteiger partial charge >= 0.3 is 0 Å². The van der Waals surface area contributed by atoms with Crippen molar-refractivity contribution in [1.82, 2.24) is 9.97 Å². The molecule has 2 aromatic rings. The van der Waals surface area contributed by atoms with Gasteiger partial charge in [0.2, 0.25) is 5.91 Å². The summed E-state index contributed by atoms with van der Waals surface area (Å²) in [7, 11) is 1.73. The first-order valence-electron chi connectivity index (χ1n) is 8.30. The van der Waals surface area contributed by atoms with Gasteiger partial charge < -0.3 is 10.5 Å². The third-order valence-corrected chi connectivity index (χ3v) is 4.16. The van der Waals surface area contributed by atoms with E-state index < -0.39 is 0 Å².